The quantitative estimate of drug-likeness (QED) is 0.686. The first-order valence-electron chi connectivity index (χ1n) is 6.38. The Balaban J connectivity index is 2.17. The molecule has 1 fully saturated rings. The maximum absolute atomic E-state index is 11.8. The number of carbonyl (C=O) groups is 1. The number of hydrogen-bond donors (Lipinski definition) is 2. The summed E-state index contributed by atoms with van der Waals surface area (Å²) in [5.74, 6) is -0.00175. The minimum atomic E-state index is -0.298. The number of nitrogens with one attached hydrogen (secondary N) is 1. The maximum atomic E-state index is 11.8. The van der Waals surface area contributed by atoms with Gasteiger partial charge in [-0.25, -0.2) is 0 Å². The van der Waals surface area contributed by atoms with Crippen LogP contribution in [0, 0.1) is 0 Å². The number of nitrogens with two attached hydrogens (primary N) is 1. The molecule has 0 aromatic rings. The van der Waals surface area contributed by atoms with E-state index in [2.05, 4.69) is 24.1 Å². The monoisotopic (exact) mass is 243 g/mol. The van der Waals surface area contributed by atoms with Crippen LogP contribution in [0.15, 0.2) is 0 Å². The van der Waals surface area contributed by atoms with Gasteiger partial charge in [0.2, 0.25) is 5.91 Å². The van der Waals surface area contributed by atoms with Crippen molar-refractivity contribution in [1.82, 2.24) is 10.2 Å². The Labute approximate surface area is 104 Å². The molecule has 5 heteroatoms. The highest BCUT2D eigenvalue weighted by atomic mass is 16.5. The number of nitrogens with zero attached hydrogens (tertiary/aromatic N) is 1. The van der Waals surface area contributed by atoms with Crippen molar-refractivity contribution in [2.24, 2.45) is 5.73 Å². The Morgan fingerprint density at radius 3 is 2.76 bits per heavy atom. The van der Waals surface area contributed by atoms with E-state index in [4.69, 9.17) is 10.5 Å². The molecule has 0 unspecified atom stereocenters. The van der Waals surface area contributed by atoms with Crippen molar-refractivity contribution >= 4 is 5.91 Å². The van der Waals surface area contributed by atoms with Gasteiger partial charge in [0.05, 0.1) is 6.10 Å². The van der Waals surface area contributed by atoms with Gasteiger partial charge in [-0.2, -0.15) is 0 Å². The average molecular weight is 243 g/mol. The van der Waals surface area contributed by atoms with Gasteiger partial charge in [0.1, 0.15) is 6.10 Å². The third kappa shape index (κ3) is 4.61. The molecule has 1 rings (SSSR count). The molecule has 2 atom stereocenters. The molecule has 3 N–H and O–H groups in total. The van der Waals surface area contributed by atoms with Crippen molar-refractivity contribution in [2.45, 2.75) is 44.9 Å². The Morgan fingerprint density at radius 2 is 2.24 bits per heavy atom. The summed E-state index contributed by atoms with van der Waals surface area (Å²) < 4.78 is 5.53. The van der Waals surface area contributed by atoms with E-state index in [1.54, 1.807) is 0 Å². The molecule has 0 aromatic heterocycles. The van der Waals surface area contributed by atoms with Gasteiger partial charge in [0.15, 0.2) is 0 Å². The average Bonchev–Trinajstić information content (AvgIpc) is 2.77. The molecule has 1 heterocycles. The molecule has 0 aromatic carbocycles. The van der Waals surface area contributed by atoms with Crippen LogP contribution in [0.2, 0.25) is 0 Å². The predicted molar refractivity (Wildman–Crippen MR) is 67.7 cm³/mol. The molecular weight excluding hydrogens is 218 g/mol. The van der Waals surface area contributed by atoms with Gasteiger partial charge >= 0.3 is 0 Å². The smallest absolute Gasteiger partial charge is 0.249 e. The summed E-state index contributed by atoms with van der Waals surface area (Å²) in [4.78, 5) is 14.0. The highest BCUT2D eigenvalue weighted by molar-refractivity contribution is 5.81. The van der Waals surface area contributed by atoms with Crippen LogP contribution in [0.4, 0.5) is 0 Å². The number of carbonyl (C=O) groups excluding carboxylic acids is 1. The van der Waals surface area contributed by atoms with E-state index < -0.39 is 0 Å². The second-order valence-corrected chi connectivity index (χ2v) is 4.93. The lowest BCUT2D eigenvalue weighted by molar-refractivity contribution is -0.131. The summed E-state index contributed by atoms with van der Waals surface area (Å²) >= 11 is 0. The number of likely N-dealkylation sites (N-methyl/N-ethyl adjacent to an activating group) is 1. The summed E-state index contributed by atoms with van der Waals surface area (Å²) in [5.41, 5.74) is 5.51. The van der Waals surface area contributed by atoms with Gasteiger partial charge in [-0.3, -0.25) is 4.79 Å². The molecular formula is C12H25N3O2. The van der Waals surface area contributed by atoms with Crippen molar-refractivity contribution in [1.29, 1.82) is 0 Å². The molecule has 0 spiro atoms. The van der Waals surface area contributed by atoms with Crippen molar-refractivity contribution in [2.75, 3.05) is 26.7 Å². The first-order valence-corrected chi connectivity index (χ1v) is 6.38. The zero-order valence-electron chi connectivity index (χ0n) is 11.1. The van der Waals surface area contributed by atoms with E-state index in [1.807, 2.05) is 7.05 Å². The second-order valence-electron chi connectivity index (χ2n) is 4.93. The number of ether oxygens (including phenoxy) is 1. The third-order valence-corrected chi connectivity index (χ3v) is 3.31. The van der Waals surface area contributed by atoms with Crippen LogP contribution in [0.25, 0.3) is 0 Å². The van der Waals surface area contributed by atoms with E-state index in [0.717, 1.165) is 19.4 Å². The molecule has 5 nitrogen and oxygen atoms in total. The summed E-state index contributed by atoms with van der Waals surface area (Å²) in [6, 6.07) is 0.497. The molecule has 0 radical (unpaired) electrons. The van der Waals surface area contributed by atoms with Gasteiger partial charge in [0.25, 0.3) is 0 Å². The summed E-state index contributed by atoms with van der Waals surface area (Å²) in [7, 11) is 2.05. The number of rotatable bonds is 6. The van der Waals surface area contributed by atoms with Crippen molar-refractivity contribution in [3.8, 4) is 0 Å². The van der Waals surface area contributed by atoms with Crippen LogP contribution in [0.1, 0.15) is 26.7 Å². The van der Waals surface area contributed by atoms with E-state index in [0.29, 0.717) is 19.1 Å². The fourth-order valence-electron chi connectivity index (χ4n) is 1.80. The van der Waals surface area contributed by atoms with Crippen molar-refractivity contribution in [3.63, 3.8) is 0 Å². The predicted octanol–water partition coefficient (Wildman–Crippen LogP) is -0.0509. The number of hydrogen-bond acceptors (Lipinski definition) is 4. The molecule has 0 bridgehead atoms. The fraction of sp³-hybridized carbons (Fsp3) is 0.917. The fourth-order valence-corrected chi connectivity index (χ4v) is 1.80. The lowest BCUT2D eigenvalue weighted by Gasteiger charge is -2.21. The van der Waals surface area contributed by atoms with Crippen LogP contribution in [-0.2, 0) is 9.53 Å². The topological polar surface area (TPSA) is 67.6 Å². The van der Waals surface area contributed by atoms with E-state index in [-0.39, 0.29) is 18.1 Å². The zero-order valence-corrected chi connectivity index (χ0v) is 11.1. The summed E-state index contributed by atoms with van der Waals surface area (Å²) in [6.07, 6.45) is 1.44. The van der Waals surface area contributed by atoms with Crippen molar-refractivity contribution < 1.29 is 9.53 Å². The molecule has 17 heavy (non-hydrogen) atoms. The molecule has 1 aliphatic heterocycles. The highest BCUT2D eigenvalue weighted by Crippen LogP contribution is 2.18. The Morgan fingerprint density at radius 1 is 1.53 bits per heavy atom. The van der Waals surface area contributed by atoms with Gasteiger partial charge in [-0.1, -0.05) is 0 Å². The lowest BCUT2D eigenvalue weighted by Crippen LogP contribution is -2.40. The van der Waals surface area contributed by atoms with E-state index in [1.165, 1.54) is 0 Å². The molecule has 0 saturated carbocycles. The molecule has 1 aliphatic rings. The number of amides is 1. The van der Waals surface area contributed by atoms with Crippen LogP contribution >= 0.6 is 0 Å². The van der Waals surface area contributed by atoms with Gasteiger partial charge < -0.3 is 20.7 Å². The Bertz CT molecular complexity index is 246. The SMILES string of the molecule is CC(C)N(C)CCNC(=O)[C@@H]1CC[C@H](CN)O1. The molecule has 1 amide bonds. The maximum Gasteiger partial charge on any atom is 0.249 e. The third-order valence-electron chi connectivity index (χ3n) is 3.31. The van der Waals surface area contributed by atoms with Gasteiger partial charge in [-0.15, -0.1) is 0 Å². The first kappa shape index (κ1) is 14.4. The minimum Gasteiger partial charge on any atom is -0.364 e. The van der Waals surface area contributed by atoms with E-state index in [9.17, 15) is 4.79 Å². The zero-order chi connectivity index (χ0) is 12.8. The standard InChI is InChI=1S/C12H25N3O2/c1-9(2)15(3)7-6-14-12(16)11-5-4-10(8-13)17-11/h9-11H,4-8,13H2,1-3H3,(H,14,16)/t10-,11+/m1/s1. The van der Waals surface area contributed by atoms with Gasteiger partial charge in [-0.05, 0) is 33.7 Å². The summed E-state index contributed by atoms with van der Waals surface area (Å²) in [5, 5.41) is 2.91. The molecule has 100 valence electrons. The van der Waals surface area contributed by atoms with Crippen LogP contribution in [0.5, 0.6) is 0 Å². The Hall–Kier alpha value is -0.650. The molecule has 0 aliphatic carbocycles. The van der Waals surface area contributed by atoms with Crippen LogP contribution in [-0.4, -0.2) is 55.7 Å². The normalized spacial score (nSPS) is 24.6. The lowest BCUT2D eigenvalue weighted by atomic mass is 10.2. The van der Waals surface area contributed by atoms with E-state index >= 15 is 0 Å². The largest absolute Gasteiger partial charge is 0.364 e. The first-order chi connectivity index (χ1) is 8.04. The highest BCUT2D eigenvalue weighted by Gasteiger charge is 2.29. The Kier molecular flexibility index (Phi) is 5.88. The molecule has 1 saturated heterocycles. The van der Waals surface area contributed by atoms with Crippen LogP contribution < -0.4 is 11.1 Å². The van der Waals surface area contributed by atoms with Gasteiger partial charge in [0, 0.05) is 25.7 Å². The van der Waals surface area contributed by atoms with Crippen LogP contribution in [0.3, 0.4) is 0 Å². The second kappa shape index (κ2) is 6.93. The summed E-state index contributed by atoms with van der Waals surface area (Å²) in [6.45, 7) is 6.29. The minimum absolute atomic E-state index is 0.00175. The van der Waals surface area contributed by atoms with Crippen molar-refractivity contribution in [3.05, 3.63) is 0 Å².